The summed E-state index contributed by atoms with van der Waals surface area (Å²) in [6, 6.07) is 7.29. The minimum absolute atomic E-state index is 0.0591. The van der Waals surface area contributed by atoms with Gasteiger partial charge in [-0.05, 0) is 45.6 Å². The van der Waals surface area contributed by atoms with Crippen LogP contribution in [0.1, 0.15) is 41.1 Å². The van der Waals surface area contributed by atoms with Gasteiger partial charge in [-0.2, -0.15) is 0 Å². The highest BCUT2D eigenvalue weighted by atomic mass is 79.9. The predicted octanol–water partition coefficient (Wildman–Crippen LogP) is 4.63. The average Bonchev–Trinajstić information content (AvgIpc) is 2.83. The molecule has 0 bridgehead atoms. The fourth-order valence-electron chi connectivity index (χ4n) is 1.42. The van der Waals surface area contributed by atoms with Crippen molar-refractivity contribution >= 4 is 33.0 Å². The zero-order chi connectivity index (χ0) is 12.6. The number of carbonyl (C=O) groups excluding carboxylic acids is 1. The summed E-state index contributed by atoms with van der Waals surface area (Å²) >= 11 is 4.72. The summed E-state index contributed by atoms with van der Waals surface area (Å²) in [6.45, 7) is 6.41. The molecule has 0 radical (unpaired) electrons. The highest BCUT2D eigenvalue weighted by molar-refractivity contribution is 9.10. The van der Waals surface area contributed by atoms with Crippen LogP contribution < -0.4 is 0 Å². The first-order valence-corrected chi connectivity index (χ1v) is 6.89. The molecule has 0 spiro atoms. The lowest BCUT2D eigenvalue weighted by Gasteiger charge is -2.15. The van der Waals surface area contributed by atoms with Crippen molar-refractivity contribution in [2.45, 2.75) is 26.2 Å². The number of rotatable bonds is 2. The van der Waals surface area contributed by atoms with E-state index in [1.807, 2.05) is 12.1 Å². The van der Waals surface area contributed by atoms with Gasteiger partial charge in [0.15, 0.2) is 10.4 Å². The standard InChI is InChI=1S/C13H13BrO2S/c1-13(2,3)10-6-5-9(17-10)12(15)8-4-7-11(14)16-8/h4-7H,1-3H3. The molecule has 0 aromatic carbocycles. The molecule has 90 valence electrons. The maximum absolute atomic E-state index is 12.1. The summed E-state index contributed by atoms with van der Waals surface area (Å²) in [7, 11) is 0. The van der Waals surface area contributed by atoms with Gasteiger partial charge >= 0.3 is 0 Å². The fourth-order valence-corrected chi connectivity index (χ4v) is 2.74. The van der Waals surface area contributed by atoms with E-state index in [1.165, 1.54) is 16.2 Å². The first-order chi connectivity index (χ1) is 7.88. The van der Waals surface area contributed by atoms with Crippen LogP contribution in [0.15, 0.2) is 33.4 Å². The number of hydrogen-bond donors (Lipinski definition) is 0. The molecule has 4 heteroatoms. The monoisotopic (exact) mass is 312 g/mol. The Kier molecular flexibility index (Phi) is 3.27. The first-order valence-electron chi connectivity index (χ1n) is 5.28. The van der Waals surface area contributed by atoms with Crippen molar-refractivity contribution in [3.63, 3.8) is 0 Å². The molecule has 2 rings (SSSR count). The first kappa shape index (κ1) is 12.6. The lowest BCUT2D eigenvalue weighted by molar-refractivity contribution is 0.101. The topological polar surface area (TPSA) is 30.2 Å². The van der Waals surface area contributed by atoms with Crippen LogP contribution in [0.4, 0.5) is 0 Å². The van der Waals surface area contributed by atoms with Gasteiger partial charge in [-0.15, -0.1) is 11.3 Å². The Balaban J connectivity index is 2.30. The Labute approximate surface area is 113 Å². The zero-order valence-electron chi connectivity index (χ0n) is 9.91. The van der Waals surface area contributed by atoms with Crippen molar-refractivity contribution in [1.82, 2.24) is 0 Å². The Morgan fingerprint density at radius 3 is 2.41 bits per heavy atom. The second kappa shape index (κ2) is 4.42. The van der Waals surface area contributed by atoms with Crippen LogP contribution >= 0.6 is 27.3 Å². The van der Waals surface area contributed by atoms with Gasteiger partial charge in [-0.3, -0.25) is 4.79 Å². The van der Waals surface area contributed by atoms with Gasteiger partial charge in [0.05, 0.1) is 4.88 Å². The maximum Gasteiger partial charge on any atom is 0.238 e. The number of ketones is 1. The van der Waals surface area contributed by atoms with E-state index in [4.69, 9.17) is 4.42 Å². The van der Waals surface area contributed by atoms with Gasteiger partial charge in [0.1, 0.15) is 0 Å². The third kappa shape index (κ3) is 2.69. The molecule has 0 aliphatic heterocycles. The normalized spacial score (nSPS) is 11.8. The second-order valence-electron chi connectivity index (χ2n) is 4.85. The number of furan rings is 1. The predicted molar refractivity (Wildman–Crippen MR) is 72.9 cm³/mol. The van der Waals surface area contributed by atoms with Crippen LogP contribution in [-0.4, -0.2) is 5.78 Å². The molecular weight excluding hydrogens is 300 g/mol. The molecule has 0 atom stereocenters. The van der Waals surface area contributed by atoms with E-state index < -0.39 is 0 Å². The van der Waals surface area contributed by atoms with Gasteiger partial charge in [0.2, 0.25) is 5.78 Å². The van der Waals surface area contributed by atoms with Gasteiger partial charge in [-0.25, -0.2) is 0 Å². The van der Waals surface area contributed by atoms with Crippen molar-refractivity contribution in [2.75, 3.05) is 0 Å². The molecule has 0 unspecified atom stereocenters. The molecule has 2 aromatic heterocycles. The Hall–Kier alpha value is -0.870. The van der Waals surface area contributed by atoms with E-state index in [1.54, 1.807) is 12.1 Å². The van der Waals surface area contributed by atoms with Gasteiger partial charge in [0.25, 0.3) is 0 Å². The third-order valence-electron chi connectivity index (χ3n) is 2.37. The average molecular weight is 313 g/mol. The minimum atomic E-state index is -0.0591. The molecule has 0 fully saturated rings. The Bertz CT molecular complexity index is 546. The van der Waals surface area contributed by atoms with E-state index >= 15 is 0 Å². The van der Waals surface area contributed by atoms with E-state index in [0.717, 1.165) is 4.88 Å². The van der Waals surface area contributed by atoms with Gasteiger partial charge in [0, 0.05) is 4.88 Å². The quantitative estimate of drug-likeness (QED) is 0.757. The van der Waals surface area contributed by atoms with Crippen LogP contribution in [0.2, 0.25) is 0 Å². The molecule has 0 N–H and O–H groups in total. The molecule has 0 amide bonds. The summed E-state index contributed by atoms with van der Waals surface area (Å²) in [5, 5.41) is 0. The smallest absolute Gasteiger partial charge is 0.238 e. The number of halogens is 1. The van der Waals surface area contributed by atoms with Crippen LogP contribution in [0.5, 0.6) is 0 Å². The third-order valence-corrected chi connectivity index (χ3v) is 4.30. The van der Waals surface area contributed by atoms with E-state index in [2.05, 4.69) is 36.7 Å². The van der Waals surface area contributed by atoms with E-state index in [-0.39, 0.29) is 11.2 Å². The van der Waals surface area contributed by atoms with Crippen LogP contribution in [0, 0.1) is 0 Å². The summed E-state index contributed by atoms with van der Waals surface area (Å²) in [4.78, 5) is 14.0. The number of thiophene rings is 1. The molecule has 17 heavy (non-hydrogen) atoms. The Morgan fingerprint density at radius 2 is 1.94 bits per heavy atom. The second-order valence-corrected chi connectivity index (χ2v) is 6.71. The van der Waals surface area contributed by atoms with Crippen LogP contribution in [0.25, 0.3) is 0 Å². The van der Waals surface area contributed by atoms with E-state index in [0.29, 0.717) is 10.4 Å². The molecule has 0 saturated heterocycles. The van der Waals surface area contributed by atoms with Crippen molar-refractivity contribution in [1.29, 1.82) is 0 Å². The van der Waals surface area contributed by atoms with E-state index in [9.17, 15) is 4.79 Å². The lowest BCUT2D eigenvalue weighted by atomic mass is 9.95. The van der Waals surface area contributed by atoms with Gasteiger partial charge < -0.3 is 4.42 Å². The summed E-state index contributed by atoms with van der Waals surface area (Å²) < 4.78 is 5.85. The van der Waals surface area contributed by atoms with Crippen molar-refractivity contribution in [3.05, 3.63) is 44.4 Å². The van der Waals surface area contributed by atoms with Crippen molar-refractivity contribution in [2.24, 2.45) is 0 Å². The van der Waals surface area contributed by atoms with Gasteiger partial charge in [-0.1, -0.05) is 20.8 Å². The molecule has 2 nitrogen and oxygen atoms in total. The molecule has 2 heterocycles. The molecular formula is C13H13BrO2S. The maximum atomic E-state index is 12.1. The largest absolute Gasteiger partial charge is 0.446 e. The Morgan fingerprint density at radius 1 is 1.24 bits per heavy atom. The molecule has 2 aromatic rings. The zero-order valence-corrected chi connectivity index (χ0v) is 12.3. The lowest BCUT2D eigenvalue weighted by Crippen LogP contribution is -2.07. The van der Waals surface area contributed by atoms with Crippen LogP contribution in [0.3, 0.4) is 0 Å². The molecule has 0 aliphatic rings. The van der Waals surface area contributed by atoms with Crippen LogP contribution in [-0.2, 0) is 5.41 Å². The minimum Gasteiger partial charge on any atom is -0.446 e. The summed E-state index contributed by atoms with van der Waals surface area (Å²) in [5.41, 5.74) is 0.0763. The number of carbonyl (C=O) groups is 1. The van der Waals surface area contributed by atoms with Crippen molar-refractivity contribution < 1.29 is 9.21 Å². The number of hydrogen-bond acceptors (Lipinski definition) is 3. The summed E-state index contributed by atoms with van der Waals surface area (Å²) in [5.74, 6) is 0.315. The molecule has 0 saturated carbocycles. The highest BCUT2D eigenvalue weighted by Crippen LogP contribution is 2.31. The fraction of sp³-hybridized carbons (Fsp3) is 0.308. The van der Waals surface area contributed by atoms with Crippen molar-refractivity contribution in [3.8, 4) is 0 Å². The highest BCUT2D eigenvalue weighted by Gasteiger charge is 2.20. The SMILES string of the molecule is CC(C)(C)c1ccc(C(=O)c2ccc(Br)o2)s1. The molecule has 0 aliphatic carbocycles. The summed E-state index contributed by atoms with van der Waals surface area (Å²) in [6.07, 6.45) is 0.